The predicted molar refractivity (Wildman–Crippen MR) is 73.0 cm³/mol. The summed E-state index contributed by atoms with van der Waals surface area (Å²) in [6.45, 7) is 2.47. The zero-order chi connectivity index (χ0) is 13.8. The van der Waals surface area contributed by atoms with Crippen LogP contribution in [-0.2, 0) is 23.1 Å². The Kier molecular flexibility index (Phi) is 4.71. The van der Waals surface area contributed by atoms with Gasteiger partial charge in [0.1, 0.15) is 0 Å². The number of hydrogen-bond acceptors (Lipinski definition) is 4. The highest BCUT2D eigenvalue weighted by Crippen LogP contribution is 2.22. The smallest absolute Gasteiger partial charge is 0.220 e. The van der Waals surface area contributed by atoms with E-state index in [1.54, 1.807) is 4.57 Å². The topological polar surface area (TPSA) is 71.9 Å². The van der Waals surface area contributed by atoms with Gasteiger partial charge in [0.15, 0.2) is 10.6 Å². The summed E-state index contributed by atoms with van der Waals surface area (Å²) in [6, 6.07) is 0. The quantitative estimate of drug-likeness (QED) is 0.803. The molecular weight excluding hydrogens is 264 g/mol. The first-order valence-electron chi connectivity index (χ1n) is 6.58. The van der Waals surface area contributed by atoms with Gasteiger partial charge in [0, 0.05) is 13.5 Å². The molecule has 1 fully saturated rings. The second-order valence-corrected chi connectivity index (χ2v) is 5.35. The van der Waals surface area contributed by atoms with Crippen LogP contribution in [0, 0.1) is 4.77 Å². The van der Waals surface area contributed by atoms with Crippen molar-refractivity contribution < 1.29 is 9.53 Å². The molecule has 0 aromatic carbocycles. The molecule has 2 atom stereocenters. The largest absolute Gasteiger partial charge is 0.375 e. The van der Waals surface area contributed by atoms with Crippen LogP contribution in [0.4, 0.5) is 0 Å². The molecule has 1 saturated heterocycles. The Morgan fingerprint density at radius 2 is 2.42 bits per heavy atom. The van der Waals surface area contributed by atoms with Crippen LogP contribution in [0.2, 0.25) is 0 Å². The highest BCUT2D eigenvalue weighted by Gasteiger charge is 2.22. The summed E-state index contributed by atoms with van der Waals surface area (Å²) >= 11 is 5.00. The number of H-pyrrole nitrogens is 1. The van der Waals surface area contributed by atoms with Crippen molar-refractivity contribution in [2.75, 3.05) is 0 Å². The van der Waals surface area contributed by atoms with Gasteiger partial charge in [-0.2, -0.15) is 5.10 Å². The van der Waals surface area contributed by atoms with Gasteiger partial charge in [0.2, 0.25) is 5.91 Å². The molecular formula is C12H20N4O2S. The van der Waals surface area contributed by atoms with E-state index in [0.717, 1.165) is 25.1 Å². The molecule has 1 aromatic heterocycles. The van der Waals surface area contributed by atoms with E-state index in [1.165, 1.54) is 0 Å². The summed E-state index contributed by atoms with van der Waals surface area (Å²) in [6.07, 6.45) is 4.00. The van der Waals surface area contributed by atoms with Gasteiger partial charge >= 0.3 is 0 Å². The monoisotopic (exact) mass is 284 g/mol. The standard InChI is InChI=1S/C12H20N4O2S/c1-8-3-4-9(18-8)5-6-11(17)13-7-10-14-15-12(19)16(10)2/h8-9H,3-7H2,1-2H3,(H,13,17)(H,15,19)/t8-,9-/m0/s1. The summed E-state index contributed by atoms with van der Waals surface area (Å²) in [7, 11) is 1.82. The van der Waals surface area contributed by atoms with Crippen molar-refractivity contribution in [3.8, 4) is 0 Å². The van der Waals surface area contributed by atoms with Crippen molar-refractivity contribution in [1.82, 2.24) is 20.1 Å². The molecule has 0 aliphatic carbocycles. The number of aromatic nitrogens is 3. The number of carbonyl (C=O) groups excluding carboxylic acids is 1. The third-order valence-corrected chi connectivity index (χ3v) is 3.79. The minimum atomic E-state index is 0.0251. The van der Waals surface area contributed by atoms with E-state index >= 15 is 0 Å². The van der Waals surface area contributed by atoms with Crippen LogP contribution in [0.1, 0.15) is 38.4 Å². The van der Waals surface area contributed by atoms with Gasteiger partial charge in [-0.25, -0.2) is 0 Å². The Bertz CT molecular complexity index is 496. The van der Waals surface area contributed by atoms with Crippen LogP contribution in [0.5, 0.6) is 0 Å². The number of aromatic amines is 1. The van der Waals surface area contributed by atoms with Crippen LogP contribution in [-0.4, -0.2) is 32.9 Å². The second-order valence-electron chi connectivity index (χ2n) is 4.97. The average Bonchev–Trinajstić information content (AvgIpc) is 2.93. The molecule has 2 N–H and O–H groups in total. The molecule has 7 heteroatoms. The van der Waals surface area contributed by atoms with Crippen LogP contribution in [0.25, 0.3) is 0 Å². The summed E-state index contributed by atoms with van der Waals surface area (Å²) in [5, 5.41) is 9.57. The molecule has 0 bridgehead atoms. The van der Waals surface area contributed by atoms with E-state index in [4.69, 9.17) is 17.0 Å². The minimum Gasteiger partial charge on any atom is -0.375 e. The minimum absolute atomic E-state index is 0.0251. The third-order valence-electron chi connectivity index (χ3n) is 3.43. The molecule has 1 aliphatic heterocycles. The Morgan fingerprint density at radius 1 is 1.63 bits per heavy atom. The first-order chi connectivity index (χ1) is 9.06. The van der Waals surface area contributed by atoms with E-state index in [0.29, 0.717) is 23.8 Å². The molecule has 1 amide bonds. The van der Waals surface area contributed by atoms with Crippen LogP contribution < -0.4 is 5.32 Å². The summed E-state index contributed by atoms with van der Waals surface area (Å²) in [5.74, 6) is 0.751. The summed E-state index contributed by atoms with van der Waals surface area (Å²) in [5.41, 5.74) is 0. The molecule has 0 radical (unpaired) electrons. The number of amides is 1. The summed E-state index contributed by atoms with van der Waals surface area (Å²) < 4.78 is 7.98. The zero-order valence-electron chi connectivity index (χ0n) is 11.3. The molecule has 6 nitrogen and oxygen atoms in total. The maximum atomic E-state index is 11.7. The van der Waals surface area contributed by atoms with Crippen molar-refractivity contribution in [3.63, 3.8) is 0 Å². The molecule has 1 aliphatic rings. The number of ether oxygens (including phenoxy) is 1. The molecule has 0 unspecified atom stereocenters. The Balaban J connectivity index is 1.70. The van der Waals surface area contributed by atoms with Gasteiger partial charge in [-0.3, -0.25) is 9.89 Å². The van der Waals surface area contributed by atoms with Gasteiger partial charge in [0.05, 0.1) is 18.8 Å². The lowest BCUT2D eigenvalue weighted by molar-refractivity contribution is -0.122. The van der Waals surface area contributed by atoms with Crippen LogP contribution in [0.15, 0.2) is 0 Å². The fraction of sp³-hybridized carbons (Fsp3) is 0.750. The molecule has 0 saturated carbocycles. The second kappa shape index (κ2) is 6.29. The molecule has 106 valence electrons. The average molecular weight is 284 g/mol. The van der Waals surface area contributed by atoms with E-state index < -0.39 is 0 Å². The highest BCUT2D eigenvalue weighted by atomic mass is 32.1. The van der Waals surface area contributed by atoms with E-state index in [2.05, 4.69) is 22.4 Å². The van der Waals surface area contributed by atoms with Gasteiger partial charge in [-0.05, 0) is 38.4 Å². The predicted octanol–water partition coefficient (Wildman–Crippen LogP) is 1.44. The lowest BCUT2D eigenvalue weighted by Gasteiger charge is -2.10. The molecule has 2 rings (SSSR count). The molecule has 0 spiro atoms. The Labute approximate surface area is 117 Å². The molecule has 2 heterocycles. The fourth-order valence-corrected chi connectivity index (χ4v) is 2.34. The van der Waals surface area contributed by atoms with Gasteiger partial charge < -0.3 is 14.6 Å². The van der Waals surface area contributed by atoms with E-state index in [9.17, 15) is 4.79 Å². The number of carbonyl (C=O) groups is 1. The fourth-order valence-electron chi connectivity index (χ4n) is 2.19. The van der Waals surface area contributed by atoms with Gasteiger partial charge in [-0.15, -0.1) is 0 Å². The van der Waals surface area contributed by atoms with E-state index in [1.807, 2.05) is 7.05 Å². The lowest BCUT2D eigenvalue weighted by atomic mass is 10.1. The number of nitrogens with one attached hydrogen (secondary N) is 2. The van der Waals surface area contributed by atoms with Crippen molar-refractivity contribution in [3.05, 3.63) is 10.6 Å². The van der Waals surface area contributed by atoms with Crippen molar-refractivity contribution in [2.24, 2.45) is 7.05 Å². The van der Waals surface area contributed by atoms with Crippen LogP contribution in [0.3, 0.4) is 0 Å². The third kappa shape index (κ3) is 3.87. The Hall–Kier alpha value is -1.21. The Morgan fingerprint density at radius 3 is 3.00 bits per heavy atom. The number of nitrogens with zero attached hydrogens (tertiary/aromatic N) is 2. The first-order valence-corrected chi connectivity index (χ1v) is 6.99. The number of hydrogen-bond donors (Lipinski definition) is 2. The van der Waals surface area contributed by atoms with Crippen LogP contribution >= 0.6 is 12.2 Å². The number of rotatable bonds is 5. The normalized spacial score (nSPS) is 22.6. The lowest BCUT2D eigenvalue weighted by Crippen LogP contribution is -2.25. The highest BCUT2D eigenvalue weighted by molar-refractivity contribution is 7.71. The van der Waals surface area contributed by atoms with Crippen molar-refractivity contribution >= 4 is 18.1 Å². The maximum Gasteiger partial charge on any atom is 0.220 e. The van der Waals surface area contributed by atoms with E-state index in [-0.39, 0.29) is 12.0 Å². The SMILES string of the molecule is C[C@H]1CC[C@@H](CCC(=O)NCc2n[nH]c(=S)n2C)O1. The van der Waals surface area contributed by atoms with Gasteiger partial charge in [-0.1, -0.05) is 0 Å². The molecule has 1 aromatic rings. The van der Waals surface area contributed by atoms with Gasteiger partial charge in [0.25, 0.3) is 0 Å². The maximum absolute atomic E-state index is 11.7. The zero-order valence-corrected chi connectivity index (χ0v) is 12.1. The van der Waals surface area contributed by atoms with Crippen molar-refractivity contribution in [2.45, 2.75) is 51.4 Å². The summed E-state index contributed by atoms with van der Waals surface area (Å²) in [4.78, 5) is 11.7. The molecule has 19 heavy (non-hydrogen) atoms. The first kappa shape index (κ1) is 14.2. The van der Waals surface area contributed by atoms with Crippen molar-refractivity contribution in [1.29, 1.82) is 0 Å².